The normalized spacial score (nSPS) is 19.6. The van der Waals surface area contributed by atoms with Gasteiger partial charge in [-0.3, -0.25) is 0 Å². The second-order valence-electron chi connectivity index (χ2n) is 11.9. The van der Waals surface area contributed by atoms with Gasteiger partial charge in [-0.1, -0.05) is 77.0 Å². The van der Waals surface area contributed by atoms with Gasteiger partial charge in [-0.2, -0.15) is 5.26 Å². The number of para-hydroxylation sites is 2. The molecule has 2 aromatic carbocycles. The number of allylic oxidation sites excluding steroid dienone is 6. The summed E-state index contributed by atoms with van der Waals surface area (Å²) in [5, 5.41) is 10.2. The molecule has 4 heteroatoms. The number of hydrogen-bond donors (Lipinski definition) is 1. The third-order valence-corrected chi connectivity index (χ3v) is 8.60. The zero-order valence-electron chi connectivity index (χ0n) is 24.1. The standard InChI is InChI=1S/C35H42N4/c1-5-7-19-39(20-8-6-2)29-16-13-25(14-17-29)26-15-18-31-27(21-26)22-28(23-35(31,3)4)30(24-36)34-37-32-11-9-10-12-33(32)38-34/h9-14,16-17,21-22,31H,5-8,15,18-20,23H2,1-4H3,(H,37,38)/b30-28-. The van der Waals surface area contributed by atoms with Crippen molar-refractivity contribution < 1.29 is 0 Å². The average Bonchev–Trinajstić information content (AvgIpc) is 3.37. The van der Waals surface area contributed by atoms with Crippen LogP contribution >= 0.6 is 0 Å². The predicted octanol–water partition coefficient (Wildman–Crippen LogP) is 9.10. The van der Waals surface area contributed by atoms with E-state index in [1.807, 2.05) is 24.3 Å². The lowest BCUT2D eigenvalue weighted by Gasteiger charge is -2.42. The molecule has 2 aliphatic rings. The van der Waals surface area contributed by atoms with Crippen molar-refractivity contribution in [2.24, 2.45) is 11.3 Å². The van der Waals surface area contributed by atoms with E-state index in [2.05, 4.69) is 80.1 Å². The molecule has 4 nitrogen and oxygen atoms in total. The van der Waals surface area contributed by atoms with Gasteiger partial charge in [0.2, 0.25) is 0 Å². The van der Waals surface area contributed by atoms with Crippen LogP contribution in [-0.2, 0) is 0 Å². The monoisotopic (exact) mass is 518 g/mol. The highest BCUT2D eigenvalue weighted by Crippen LogP contribution is 2.50. The van der Waals surface area contributed by atoms with Crippen molar-refractivity contribution in [2.45, 2.75) is 72.6 Å². The minimum atomic E-state index is 0.0818. The Kier molecular flexibility index (Phi) is 8.07. The third-order valence-electron chi connectivity index (χ3n) is 8.60. The Morgan fingerprint density at radius 2 is 1.74 bits per heavy atom. The van der Waals surface area contributed by atoms with Gasteiger partial charge >= 0.3 is 0 Å². The molecule has 1 atom stereocenters. The number of hydrogen-bond acceptors (Lipinski definition) is 3. The van der Waals surface area contributed by atoms with Crippen LogP contribution in [-0.4, -0.2) is 23.1 Å². The number of aromatic nitrogens is 2. The molecule has 202 valence electrons. The van der Waals surface area contributed by atoms with E-state index in [-0.39, 0.29) is 5.41 Å². The Morgan fingerprint density at radius 3 is 2.41 bits per heavy atom. The molecule has 0 bridgehead atoms. The van der Waals surface area contributed by atoms with Gasteiger partial charge in [-0.15, -0.1) is 0 Å². The van der Waals surface area contributed by atoms with E-state index in [0.29, 0.717) is 17.3 Å². The molecule has 1 aromatic heterocycles. The summed E-state index contributed by atoms with van der Waals surface area (Å²) in [6, 6.07) is 19.7. The largest absolute Gasteiger partial charge is 0.372 e. The first kappa shape index (κ1) is 27.0. The van der Waals surface area contributed by atoms with Gasteiger partial charge in [0.15, 0.2) is 0 Å². The molecule has 0 amide bonds. The van der Waals surface area contributed by atoms with Gasteiger partial charge in [-0.25, -0.2) is 4.98 Å². The minimum Gasteiger partial charge on any atom is -0.372 e. The number of anilines is 1. The van der Waals surface area contributed by atoms with Gasteiger partial charge in [0.05, 0.1) is 16.6 Å². The van der Waals surface area contributed by atoms with Crippen LogP contribution < -0.4 is 4.90 Å². The molecule has 1 unspecified atom stereocenters. The number of H-pyrrole nitrogens is 1. The second-order valence-corrected chi connectivity index (χ2v) is 11.9. The van der Waals surface area contributed by atoms with Gasteiger partial charge in [0, 0.05) is 18.8 Å². The third kappa shape index (κ3) is 5.74. The topological polar surface area (TPSA) is 55.7 Å². The summed E-state index contributed by atoms with van der Waals surface area (Å²) in [7, 11) is 0. The van der Waals surface area contributed by atoms with E-state index in [0.717, 1.165) is 49.0 Å². The summed E-state index contributed by atoms with van der Waals surface area (Å²) in [4.78, 5) is 10.7. The van der Waals surface area contributed by atoms with Crippen LogP contribution in [0.25, 0.3) is 22.2 Å². The Labute approximate surface area is 234 Å². The fourth-order valence-electron chi connectivity index (χ4n) is 6.38. The van der Waals surface area contributed by atoms with Gasteiger partial charge in [-0.05, 0) is 90.0 Å². The SMILES string of the molecule is CCCCN(CCCC)c1ccc(C2=CC3=C/C(=C(\C#N)c4nc5ccccc5[nH]4)CC(C)(C)C3CC2)cc1. The molecule has 0 aliphatic heterocycles. The summed E-state index contributed by atoms with van der Waals surface area (Å²) in [5.74, 6) is 1.17. The first-order valence-corrected chi connectivity index (χ1v) is 14.8. The molecule has 0 spiro atoms. The van der Waals surface area contributed by atoms with Gasteiger partial charge in [0.1, 0.15) is 11.9 Å². The highest BCUT2D eigenvalue weighted by Gasteiger charge is 2.38. The Bertz CT molecular complexity index is 1400. The first-order chi connectivity index (χ1) is 18.9. The number of imidazole rings is 1. The summed E-state index contributed by atoms with van der Waals surface area (Å²) in [6.45, 7) is 11.5. The smallest absolute Gasteiger partial charge is 0.149 e. The zero-order chi connectivity index (χ0) is 27.4. The number of benzene rings is 2. The Morgan fingerprint density at radius 1 is 1.03 bits per heavy atom. The maximum Gasteiger partial charge on any atom is 0.149 e. The summed E-state index contributed by atoms with van der Waals surface area (Å²) < 4.78 is 0. The molecular weight excluding hydrogens is 476 g/mol. The Balaban J connectivity index is 1.47. The second kappa shape index (κ2) is 11.7. The molecule has 1 heterocycles. The summed E-state index contributed by atoms with van der Waals surface area (Å²) in [6.07, 6.45) is 12.7. The van der Waals surface area contributed by atoms with Crippen LogP contribution in [0.4, 0.5) is 5.69 Å². The van der Waals surface area contributed by atoms with Crippen LogP contribution in [0.3, 0.4) is 0 Å². The van der Waals surface area contributed by atoms with E-state index < -0.39 is 0 Å². The molecule has 0 radical (unpaired) electrons. The summed E-state index contributed by atoms with van der Waals surface area (Å²) in [5.41, 5.74) is 9.09. The fourth-order valence-corrected chi connectivity index (χ4v) is 6.38. The van der Waals surface area contributed by atoms with Crippen molar-refractivity contribution in [2.75, 3.05) is 18.0 Å². The Hall–Kier alpha value is -3.58. The number of fused-ring (bicyclic) bond motifs is 2. The van der Waals surface area contributed by atoms with E-state index in [4.69, 9.17) is 4.98 Å². The molecule has 5 rings (SSSR count). The lowest BCUT2D eigenvalue weighted by molar-refractivity contribution is 0.228. The van der Waals surface area contributed by atoms with E-state index in [9.17, 15) is 5.26 Å². The van der Waals surface area contributed by atoms with Crippen LogP contribution in [0.2, 0.25) is 0 Å². The van der Waals surface area contributed by atoms with Crippen molar-refractivity contribution in [1.29, 1.82) is 5.26 Å². The predicted molar refractivity (Wildman–Crippen MR) is 164 cm³/mol. The van der Waals surface area contributed by atoms with Crippen molar-refractivity contribution in [3.8, 4) is 6.07 Å². The van der Waals surface area contributed by atoms with E-state index in [1.54, 1.807) is 0 Å². The van der Waals surface area contributed by atoms with Crippen LogP contribution in [0.5, 0.6) is 0 Å². The number of nitrogens with zero attached hydrogens (tertiary/aromatic N) is 3. The van der Waals surface area contributed by atoms with Crippen molar-refractivity contribution >= 4 is 27.9 Å². The summed E-state index contributed by atoms with van der Waals surface area (Å²) >= 11 is 0. The van der Waals surface area contributed by atoms with E-state index >= 15 is 0 Å². The van der Waals surface area contributed by atoms with Crippen molar-refractivity contribution in [3.63, 3.8) is 0 Å². The molecule has 3 aromatic rings. The molecule has 0 saturated carbocycles. The highest BCUT2D eigenvalue weighted by atomic mass is 15.1. The fraction of sp³-hybridized carbons (Fsp3) is 0.429. The van der Waals surface area contributed by atoms with Gasteiger partial charge < -0.3 is 9.88 Å². The molecule has 1 N–H and O–H groups in total. The molecule has 0 saturated heterocycles. The molecule has 2 aliphatic carbocycles. The van der Waals surface area contributed by atoms with E-state index in [1.165, 1.54) is 48.1 Å². The first-order valence-electron chi connectivity index (χ1n) is 14.8. The molecular formula is C35H42N4. The lowest BCUT2D eigenvalue weighted by atomic mass is 9.62. The molecule has 0 fully saturated rings. The van der Waals surface area contributed by atoms with Crippen LogP contribution in [0, 0.1) is 22.7 Å². The maximum absolute atomic E-state index is 10.2. The lowest BCUT2D eigenvalue weighted by Crippen LogP contribution is -2.31. The maximum atomic E-state index is 10.2. The van der Waals surface area contributed by atoms with Crippen LogP contribution in [0.15, 0.2) is 71.8 Å². The number of aromatic amines is 1. The van der Waals surface area contributed by atoms with Crippen molar-refractivity contribution in [3.05, 3.63) is 83.2 Å². The highest BCUT2D eigenvalue weighted by molar-refractivity contribution is 5.85. The number of nitriles is 1. The zero-order valence-corrected chi connectivity index (χ0v) is 24.1. The number of rotatable bonds is 9. The molecule has 39 heavy (non-hydrogen) atoms. The van der Waals surface area contributed by atoms with Gasteiger partial charge in [0.25, 0.3) is 0 Å². The van der Waals surface area contributed by atoms with Crippen molar-refractivity contribution in [1.82, 2.24) is 9.97 Å². The van der Waals surface area contributed by atoms with Crippen LogP contribution in [0.1, 0.15) is 84.0 Å². The minimum absolute atomic E-state index is 0.0818. The number of unbranched alkanes of at least 4 members (excludes halogenated alkanes) is 2. The quantitative estimate of drug-likeness (QED) is 0.287. The number of nitrogens with one attached hydrogen (secondary N) is 1. The average molecular weight is 519 g/mol.